The Hall–Kier alpha value is -1.59. The summed E-state index contributed by atoms with van der Waals surface area (Å²) in [5, 5.41) is 2.75. The van der Waals surface area contributed by atoms with Crippen LogP contribution in [0.2, 0.25) is 0 Å². The highest BCUT2D eigenvalue weighted by molar-refractivity contribution is 5.96. The van der Waals surface area contributed by atoms with Crippen LogP contribution >= 0.6 is 0 Å². The fraction of sp³-hybridized carbons (Fsp3) is 0.769. The summed E-state index contributed by atoms with van der Waals surface area (Å²) in [7, 11) is 0. The molecule has 0 radical (unpaired) electrons. The summed E-state index contributed by atoms with van der Waals surface area (Å²) >= 11 is 0. The van der Waals surface area contributed by atoms with Crippen molar-refractivity contribution in [2.75, 3.05) is 32.7 Å². The molecule has 1 saturated heterocycles. The molecule has 1 aliphatic rings. The lowest BCUT2D eigenvalue weighted by atomic mass is 10.1. The molecule has 0 spiro atoms. The average Bonchev–Trinajstić information content (AvgIpc) is 2.38. The molecule has 1 rings (SSSR count). The minimum Gasteiger partial charge on any atom is -0.356 e. The van der Waals surface area contributed by atoms with E-state index in [0.717, 1.165) is 12.8 Å². The molecular formula is C13H23N3O3. The van der Waals surface area contributed by atoms with Crippen LogP contribution in [-0.4, -0.2) is 60.7 Å². The molecule has 6 heteroatoms. The van der Waals surface area contributed by atoms with Crippen LogP contribution in [0.4, 0.5) is 0 Å². The van der Waals surface area contributed by atoms with E-state index >= 15 is 0 Å². The van der Waals surface area contributed by atoms with Gasteiger partial charge in [-0.2, -0.15) is 0 Å². The largest absolute Gasteiger partial charge is 0.356 e. The number of rotatable bonds is 6. The summed E-state index contributed by atoms with van der Waals surface area (Å²) in [5.41, 5.74) is 0. The van der Waals surface area contributed by atoms with Gasteiger partial charge in [0.2, 0.25) is 18.2 Å². The molecule has 0 unspecified atom stereocenters. The van der Waals surface area contributed by atoms with Crippen molar-refractivity contribution >= 4 is 18.2 Å². The van der Waals surface area contributed by atoms with Crippen molar-refractivity contribution in [1.82, 2.24) is 15.1 Å². The first kappa shape index (κ1) is 15.5. The second kappa shape index (κ2) is 7.76. The Kier molecular flexibility index (Phi) is 6.32. The molecule has 0 atom stereocenters. The monoisotopic (exact) mass is 269 g/mol. The second-order valence-corrected chi connectivity index (χ2v) is 5.23. The summed E-state index contributed by atoms with van der Waals surface area (Å²) in [6.07, 6.45) is 1.61. The van der Waals surface area contributed by atoms with Gasteiger partial charge in [-0.25, -0.2) is 0 Å². The minimum absolute atomic E-state index is 0.0980. The van der Waals surface area contributed by atoms with Crippen LogP contribution in [0.25, 0.3) is 0 Å². The van der Waals surface area contributed by atoms with Crippen LogP contribution in [0, 0.1) is 5.92 Å². The van der Waals surface area contributed by atoms with E-state index in [4.69, 9.17) is 0 Å². The molecule has 0 aromatic carbocycles. The van der Waals surface area contributed by atoms with Crippen molar-refractivity contribution in [1.29, 1.82) is 0 Å². The van der Waals surface area contributed by atoms with Crippen LogP contribution in [0.1, 0.15) is 26.7 Å². The van der Waals surface area contributed by atoms with Crippen molar-refractivity contribution in [2.45, 2.75) is 26.7 Å². The predicted molar refractivity (Wildman–Crippen MR) is 71.3 cm³/mol. The molecule has 0 aliphatic carbocycles. The summed E-state index contributed by atoms with van der Waals surface area (Å²) in [6, 6.07) is 0. The van der Waals surface area contributed by atoms with Crippen LogP contribution in [0.5, 0.6) is 0 Å². The number of amides is 3. The van der Waals surface area contributed by atoms with E-state index in [-0.39, 0.29) is 18.2 Å². The number of carbonyl (C=O) groups excluding carboxylic acids is 3. The van der Waals surface area contributed by atoms with Gasteiger partial charge in [0.1, 0.15) is 6.42 Å². The molecule has 1 N–H and O–H groups in total. The number of piperazine rings is 1. The standard InChI is InChI=1S/C13H23N3O3/c1-11(2)3-4-14-12(18)9-13(19)16-7-5-15(10-17)6-8-16/h10-11H,3-9H2,1-2H3,(H,14,18). The molecule has 6 nitrogen and oxygen atoms in total. The molecule has 0 aromatic heterocycles. The van der Waals surface area contributed by atoms with Crippen molar-refractivity contribution < 1.29 is 14.4 Å². The topological polar surface area (TPSA) is 69.7 Å². The zero-order valence-corrected chi connectivity index (χ0v) is 11.7. The first-order chi connectivity index (χ1) is 9.02. The summed E-state index contributed by atoms with van der Waals surface area (Å²) < 4.78 is 0. The lowest BCUT2D eigenvalue weighted by Gasteiger charge is -2.32. The van der Waals surface area contributed by atoms with Gasteiger partial charge in [0.15, 0.2) is 0 Å². The van der Waals surface area contributed by atoms with Gasteiger partial charge in [-0.3, -0.25) is 14.4 Å². The summed E-state index contributed by atoms with van der Waals surface area (Å²) in [4.78, 5) is 37.2. The molecule has 3 amide bonds. The average molecular weight is 269 g/mol. The lowest BCUT2D eigenvalue weighted by Crippen LogP contribution is -2.49. The van der Waals surface area contributed by atoms with Gasteiger partial charge in [-0.15, -0.1) is 0 Å². The number of hydrogen-bond acceptors (Lipinski definition) is 3. The molecule has 19 heavy (non-hydrogen) atoms. The summed E-state index contributed by atoms with van der Waals surface area (Å²) in [6.45, 7) is 6.90. The second-order valence-electron chi connectivity index (χ2n) is 5.23. The van der Waals surface area contributed by atoms with E-state index in [9.17, 15) is 14.4 Å². The maximum Gasteiger partial charge on any atom is 0.232 e. The fourth-order valence-corrected chi connectivity index (χ4v) is 1.89. The first-order valence-corrected chi connectivity index (χ1v) is 6.76. The van der Waals surface area contributed by atoms with Gasteiger partial charge in [0.05, 0.1) is 0 Å². The molecule has 108 valence electrons. The molecule has 1 aliphatic heterocycles. The van der Waals surface area contributed by atoms with Gasteiger partial charge in [-0.1, -0.05) is 13.8 Å². The summed E-state index contributed by atoms with van der Waals surface area (Å²) in [5.74, 6) is 0.156. The van der Waals surface area contributed by atoms with Crippen molar-refractivity contribution in [3.05, 3.63) is 0 Å². The molecule has 0 aromatic rings. The SMILES string of the molecule is CC(C)CCNC(=O)CC(=O)N1CCN(C=O)CC1. The molecule has 0 saturated carbocycles. The number of hydrogen-bond donors (Lipinski definition) is 1. The van der Waals surface area contributed by atoms with Crippen molar-refractivity contribution in [2.24, 2.45) is 5.92 Å². The maximum atomic E-state index is 11.9. The van der Waals surface area contributed by atoms with Gasteiger partial charge >= 0.3 is 0 Å². The van der Waals surface area contributed by atoms with Crippen LogP contribution in [0.15, 0.2) is 0 Å². The third-order valence-corrected chi connectivity index (χ3v) is 3.17. The molecular weight excluding hydrogens is 246 g/mol. The van der Waals surface area contributed by atoms with Crippen LogP contribution < -0.4 is 5.32 Å². The van der Waals surface area contributed by atoms with Gasteiger partial charge < -0.3 is 15.1 Å². The molecule has 1 fully saturated rings. The number of nitrogens with zero attached hydrogens (tertiary/aromatic N) is 2. The van der Waals surface area contributed by atoms with E-state index in [1.165, 1.54) is 0 Å². The zero-order valence-electron chi connectivity index (χ0n) is 11.7. The van der Waals surface area contributed by atoms with Gasteiger partial charge in [0.25, 0.3) is 0 Å². The highest BCUT2D eigenvalue weighted by Crippen LogP contribution is 2.02. The van der Waals surface area contributed by atoms with Crippen LogP contribution in [-0.2, 0) is 14.4 Å². The highest BCUT2D eigenvalue weighted by atomic mass is 16.2. The quantitative estimate of drug-likeness (QED) is 0.538. The molecule has 0 bridgehead atoms. The Bertz CT molecular complexity index is 323. The fourth-order valence-electron chi connectivity index (χ4n) is 1.89. The number of carbonyl (C=O) groups is 3. The minimum atomic E-state index is -0.219. The Balaban J connectivity index is 2.23. The first-order valence-electron chi connectivity index (χ1n) is 6.76. The highest BCUT2D eigenvalue weighted by Gasteiger charge is 2.21. The predicted octanol–water partition coefficient (Wildman–Crippen LogP) is -0.161. The number of nitrogens with one attached hydrogen (secondary N) is 1. The maximum absolute atomic E-state index is 11.9. The third kappa shape index (κ3) is 5.72. The van der Waals surface area contributed by atoms with E-state index < -0.39 is 0 Å². The van der Waals surface area contributed by atoms with Crippen molar-refractivity contribution in [3.8, 4) is 0 Å². The van der Waals surface area contributed by atoms with Crippen LogP contribution in [0.3, 0.4) is 0 Å². The van der Waals surface area contributed by atoms with E-state index in [2.05, 4.69) is 19.2 Å². The zero-order chi connectivity index (χ0) is 14.3. The Morgan fingerprint density at radius 2 is 1.84 bits per heavy atom. The Labute approximate surface area is 114 Å². The van der Waals surface area contributed by atoms with Gasteiger partial charge in [-0.05, 0) is 12.3 Å². The van der Waals surface area contributed by atoms with E-state index in [1.807, 2.05) is 0 Å². The van der Waals surface area contributed by atoms with E-state index in [1.54, 1.807) is 9.80 Å². The van der Waals surface area contributed by atoms with Crippen molar-refractivity contribution in [3.63, 3.8) is 0 Å². The smallest absolute Gasteiger partial charge is 0.232 e. The molecule has 1 heterocycles. The lowest BCUT2D eigenvalue weighted by molar-refractivity contribution is -0.139. The Morgan fingerprint density at radius 1 is 1.21 bits per heavy atom. The normalized spacial score (nSPS) is 15.5. The Morgan fingerprint density at radius 3 is 2.37 bits per heavy atom. The third-order valence-electron chi connectivity index (χ3n) is 3.17. The van der Waals surface area contributed by atoms with E-state index in [0.29, 0.717) is 38.6 Å². The van der Waals surface area contributed by atoms with Gasteiger partial charge in [0, 0.05) is 32.7 Å².